The van der Waals surface area contributed by atoms with Crippen LogP contribution in [-0.4, -0.2) is 65.9 Å². The largest absolute Gasteiger partial charge is 0.481 e. The Bertz CT molecular complexity index is 988. The van der Waals surface area contributed by atoms with Gasteiger partial charge < -0.3 is 24.2 Å². The maximum atomic E-state index is 13.1. The highest BCUT2D eigenvalue weighted by atomic mass is 32.1. The summed E-state index contributed by atoms with van der Waals surface area (Å²) >= 11 is 1.39. The average Bonchev–Trinajstić information content (AvgIpc) is 3.07. The molecule has 1 aliphatic carbocycles. The Hall–Kier alpha value is -2.23. The van der Waals surface area contributed by atoms with Crippen LogP contribution in [0, 0.1) is 23.7 Å². The van der Waals surface area contributed by atoms with Crippen molar-refractivity contribution >= 4 is 29.2 Å². The van der Waals surface area contributed by atoms with Crippen molar-refractivity contribution in [1.29, 1.82) is 0 Å². The number of fused-ring (bicyclic) bond motifs is 4. The smallest absolute Gasteiger partial charge is 0.319 e. The molecule has 5 rings (SSSR count). The van der Waals surface area contributed by atoms with Crippen LogP contribution in [0.25, 0.3) is 0 Å². The van der Waals surface area contributed by atoms with E-state index < -0.39 is 59.5 Å². The predicted octanol–water partition coefficient (Wildman–Crippen LogP) is 2.26. The number of epoxide rings is 1. The Morgan fingerprint density at radius 2 is 2.06 bits per heavy atom. The molecule has 8 nitrogen and oxygen atoms in total. The third-order valence-corrected chi connectivity index (χ3v) is 8.45. The molecule has 0 radical (unpaired) electrons. The van der Waals surface area contributed by atoms with E-state index in [1.165, 1.54) is 11.3 Å². The van der Waals surface area contributed by atoms with Gasteiger partial charge >= 0.3 is 17.9 Å². The van der Waals surface area contributed by atoms with E-state index in [0.29, 0.717) is 12.2 Å². The number of esters is 2. The second kappa shape index (κ2) is 7.40. The monoisotopic (exact) mass is 461 g/mol. The molecule has 172 valence electrons. The molecule has 0 saturated carbocycles. The van der Waals surface area contributed by atoms with Gasteiger partial charge in [0, 0.05) is 23.3 Å². The van der Waals surface area contributed by atoms with Crippen LogP contribution in [0.15, 0.2) is 29.3 Å². The quantitative estimate of drug-likeness (QED) is 0.538. The number of hydrogen-bond acceptors (Lipinski definition) is 8. The lowest BCUT2D eigenvalue weighted by atomic mass is 9.71. The molecule has 3 aliphatic heterocycles. The van der Waals surface area contributed by atoms with Crippen LogP contribution < -0.4 is 0 Å². The molecule has 0 amide bonds. The van der Waals surface area contributed by atoms with Gasteiger partial charge in [0.15, 0.2) is 0 Å². The van der Waals surface area contributed by atoms with Crippen molar-refractivity contribution in [3.8, 4) is 0 Å². The summed E-state index contributed by atoms with van der Waals surface area (Å²) in [5, 5.41) is 12.1. The number of aliphatic carboxylic acids is 1. The Balaban J connectivity index is 1.65. The zero-order valence-electron chi connectivity index (χ0n) is 18.4. The zero-order chi connectivity index (χ0) is 22.9. The minimum atomic E-state index is -0.950. The Morgan fingerprint density at radius 3 is 2.69 bits per heavy atom. The first-order chi connectivity index (χ1) is 15.1. The lowest BCUT2D eigenvalue weighted by Gasteiger charge is -2.37. The first kappa shape index (κ1) is 21.6. The minimum Gasteiger partial charge on any atom is -0.481 e. The average molecular weight is 462 g/mol. The highest BCUT2D eigenvalue weighted by molar-refractivity contribution is 7.10. The van der Waals surface area contributed by atoms with Gasteiger partial charge in [-0.2, -0.15) is 0 Å². The van der Waals surface area contributed by atoms with Crippen molar-refractivity contribution in [2.45, 2.75) is 50.0 Å². The van der Waals surface area contributed by atoms with Crippen molar-refractivity contribution in [3.63, 3.8) is 0 Å². The van der Waals surface area contributed by atoms with Gasteiger partial charge in [-0.05, 0) is 38.5 Å². The molecular weight excluding hydrogens is 434 g/mol. The van der Waals surface area contributed by atoms with Gasteiger partial charge in [0.05, 0.1) is 35.4 Å². The topological polar surface area (TPSA) is 106 Å². The zero-order valence-corrected chi connectivity index (χ0v) is 19.2. The molecule has 9 atom stereocenters. The highest BCUT2D eigenvalue weighted by Crippen LogP contribution is 2.56. The van der Waals surface area contributed by atoms with E-state index in [1.54, 1.807) is 13.0 Å². The van der Waals surface area contributed by atoms with Crippen molar-refractivity contribution in [1.82, 2.24) is 4.90 Å². The molecular formula is C23H27NO7S. The Morgan fingerprint density at radius 1 is 1.31 bits per heavy atom. The summed E-state index contributed by atoms with van der Waals surface area (Å²) in [6, 6.07) is 3.19. The van der Waals surface area contributed by atoms with Gasteiger partial charge in [0.25, 0.3) is 0 Å². The first-order valence-corrected chi connectivity index (χ1v) is 11.7. The van der Waals surface area contributed by atoms with Crippen LogP contribution in [0.5, 0.6) is 0 Å². The predicted molar refractivity (Wildman–Crippen MR) is 114 cm³/mol. The second-order valence-electron chi connectivity index (χ2n) is 9.72. The van der Waals surface area contributed by atoms with Gasteiger partial charge in [0.1, 0.15) is 11.9 Å². The molecule has 9 heteroatoms. The van der Waals surface area contributed by atoms with E-state index in [0.717, 1.165) is 4.88 Å². The Labute approximate surface area is 190 Å². The fraction of sp³-hybridized carbons (Fsp3) is 0.609. The molecule has 1 aromatic heterocycles. The molecule has 4 aliphatic rings. The second-order valence-corrected chi connectivity index (χ2v) is 10.7. The van der Waals surface area contributed by atoms with Crippen molar-refractivity contribution in [2.75, 3.05) is 14.1 Å². The van der Waals surface area contributed by atoms with Gasteiger partial charge in [-0.3, -0.25) is 14.4 Å². The Kier molecular flexibility index (Phi) is 4.99. The van der Waals surface area contributed by atoms with Crippen LogP contribution in [0.2, 0.25) is 0 Å². The van der Waals surface area contributed by atoms with E-state index >= 15 is 0 Å². The minimum absolute atomic E-state index is 0.317. The number of hydrogen-bond donors (Lipinski definition) is 1. The fourth-order valence-corrected chi connectivity index (χ4v) is 6.86. The summed E-state index contributed by atoms with van der Waals surface area (Å²) in [5.74, 6) is -4.04. The molecule has 0 spiro atoms. The molecule has 0 aromatic carbocycles. The number of carboxylic acids is 1. The SMILES string of the molecule is CC1C(=O)OC2CC3(C)OC3C(C(C(=O)O)c3cccs3)C(N(C)C)C3C=C(OC3=O)C21. The normalized spacial score (nSPS) is 41.3. The number of thiophene rings is 1. The van der Waals surface area contributed by atoms with E-state index in [1.807, 2.05) is 43.4 Å². The van der Waals surface area contributed by atoms with Gasteiger partial charge in [-0.15, -0.1) is 11.3 Å². The molecule has 32 heavy (non-hydrogen) atoms. The summed E-state index contributed by atoms with van der Waals surface area (Å²) in [6.45, 7) is 3.73. The number of rotatable bonds is 4. The molecule has 9 unspecified atom stereocenters. The summed E-state index contributed by atoms with van der Waals surface area (Å²) in [5.41, 5.74) is -0.655. The number of carboxylic acid groups (broad SMARTS) is 1. The van der Waals surface area contributed by atoms with Crippen LogP contribution in [0.1, 0.15) is 31.1 Å². The highest BCUT2D eigenvalue weighted by Gasteiger charge is 2.66. The third kappa shape index (κ3) is 3.21. The van der Waals surface area contributed by atoms with Crippen LogP contribution in [0.4, 0.5) is 0 Å². The molecule has 2 saturated heterocycles. The van der Waals surface area contributed by atoms with E-state index in [2.05, 4.69) is 0 Å². The van der Waals surface area contributed by atoms with Crippen LogP contribution in [-0.2, 0) is 28.6 Å². The summed E-state index contributed by atoms with van der Waals surface area (Å²) in [4.78, 5) is 40.7. The fourth-order valence-electron chi connectivity index (χ4n) is 5.98. The van der Waals surface area contributed by atoms with Gasteiger partial charge in [0.2, 0.25) is 0 Å². The lowest BCUT2D eigenvalue weighted by molar-refractivity contribution is -0.146. The molecule has 2 bridgehead atoms. The lowest BCUT2D eigenvalue weighted by Crippen LogP contribution is -2.49. The summed E-state index contributed by atoms with van der Waals surface area (Å²) in [6.07, 6.45) is 1.32. The number of nitrogens with zero attached hydrogens (tertiary/aromatic N) is 1. The summed E-state index contributed by atoms with van der Waals surface area (Å²) < 4.78 is 17.6. The first-order valence-electron chi connectivity index (χ1n) is 10.9. The van der Waals surface area contributed by atoms with Crippen molar-refractivity contribution in [3.05, 3.63) is 34.2 Å². The van der Waals surface area contributed by atoms with E-state index in [-0.39, 0.29) is 11.9 Å². The molecule has 2 fully saturated rings. The maximum Gasteiger partial charge on any atom is 0.319 e. The maximum absolute atomic E-state index is 13.1. The van der Waals surface area contributed by atoms with Crippen LogP contribution >= 0.6 is 11.3 Å². The van der Waals surface area contributed by atoms with Crippen LogP contribution in [0.3, 0.4) is 0 Å². The number of ether oxygens (including phenoxy) is 3. The van der Waals surface area contributed by atoms with E-state index in [9.17, 15) is 19.5 Å². The van der Waals surface area contributed by atoms with Gasteiger partial charge in [-0.25, -0.2) is 0 Å². The molecule has 1 N–H and O–H groups in total. The summed E-state index contributed by atoms with van der Waals surface area (Å²) in [7, 11) is 3.70. The third-order valence-electron chi connectivity index (χ3n) is 7.50. The number of carbonyl (C=O) groups is 3. The van der Waals surface area contributed by atoms with Gasteiger partial charge in [-0.1, -0.05) is 13.0 Å². The molecule has 1 aromatic rings. The standard InChI is InChI=1S/C23H27NO7S/c1-10-15-12-8-11(22(28)29-12)18(24(3)4)17(16(20(25)26)14-6-5-7-32-14)19-23(2,31-19)9-13(15)30-21(10)27/h5-8,10-11,13,15-19H,9H2,1-4H3,(H,25,26). The molecule has 4 heterocycles. The van der Waals surface area contributed by atoms with E-state index in [4.69, 9.17) is 14.2 Å². The number of carbonyl (C=O) groups excluding carboxylic acids is 2. The van der Waals surface area contributed by atoms with Crippen molar-refractivity contribution in [2.24, 2.45) is 23.7 Å². The van der Waals surface area contributed by atoms with Crippen molar-refractivity contribution < 1.29 is 33.7 Å².